The first kappa shape index (κ1) is 13.9. The third-order valence-corrected chi connectivity index (χ3v) is 5.88. The fourth-order valence-electron chi connectivity index (χ4n) is 3.53. The van der Waals surface area contributed by atoms with Gasteiger partial charge in [0.1, 0.15) is 0 Å². The number of carbonyl (C=O) groups excluding carboxylic acids is 1. The molecule has 2 aliphatic rings. The summed E-state index contributed by atoms with van der Waals surface area (Å²) in [6.07, 6.45) is 1.21. The van der Waals surface area contributed by atoms with Crippen LogP contribution in [-0.4, -0.2) is 41.5 Å². The lowest BCUT2D eigenvalue weighted by atomic mass is 10.0. The summed E-state index contributed by atoms with van der Waals surface area (Å²) in [6.45, 7) is 5.29. The van der Waals surface area contributed by atoms with E-state index in [-0.39, 0.29) is 5.91 Å². The highest BCUT2D eigenvalue weighted by Gasteiger charge is 2.39. The Kier molecular flexibility index (Phi) is 3.47. The number of piperidine rings is 1. The van der Waals surface area contributed by atoms with Gasteiger partial charge in [-0.2, -0.15) is 0 Å². The van der Waals surface area contributed by atoms with Gasteiger partial charge in [0.2, 0.25) is 0 Å². The maximum atomic E-state index is 12.5. The van der Waals surface area contributed by atoms with E-state index in [4.69, 9.17) is 0 Å². The van der Waals surface area contributed by atoms with E-state index in [1.54, 1.807) is 0 Å². The van der Waals surface area contributed by atoms with Gasteiger partial charge in [-0.1, -0.05) is 30.3 Å². The third kappa shape index (κ3) is 2.44. The smallest absolute Gasteiger partial charge is 0.280 e. The highest BCUT2D eigenvalue weighted by molar-refractivity contribution is 7.17. The van der Waals surface area contributed by atoms with E-state index >= 15 is 0 Å². The number of nitrogens with zero attached hydrogens (tertiary/aromatic N) is 2. The van der Waals surface area contributed by atoms with Gasteiger partial charge < -0.3 is 10.2 Å². The number of aromatic nitrogens is 1. The normalized spacial score (nSPS) is 26.3. The van der Waals surface area contributed by atoms with Gasteiger partial charge >= 0.3 is 0 Å². The van der Waals surface area contributed by atoms with Gasteiger partial charge in [0, 0.05) is 19.1 Å². The van der Waals surface area contributed by atoms with Gasteiger partial charge in [-0.15, -0.1) is 11.3 Å². The minimum Gasteiger partial charge on any atom is -0.346 e. The minimum absolute atomic E-state index is 0.0194. The largest absolute Gasteiger partial charge is 0.346 e. The fraction of sp³-hybridized carbons (Fsp3) is 0.412. The van der Waals surface area contributed by atoms with E-state index in [9.17, 15) is 4.79 Å². The first-order chi connectivity index (χ1) is 10.7. The predicted molar refractivity (Wildman–Crippen MR) is 88.1 cm³/mol. The second kappa shape index (κ2) is 5.48. The van der Waals surface area contributed by atoms with Crippen LogP contribution >= 0.6 is 11.3 Å². The van der Waals surface area contributed by atoms with Crippen molar-refractivity contribution in [2.75, 3.05) is 19.6 Å². The van der Waals surface area contributed by atoms with Crippen molar-refractivity contribution < 1.29 is 4.79 Å². The molecule has 0 radical (unpaired) electrons. The van der Waals surface area contributed by atoms with Gasteiger partial charge in [0.05, 0.1) is 10.6 Å². The number of thiazole rings is 1. The second-order valence-electron chi connectivity index (χ2n) is 6.19. The molecule has 114 valence electrons. The van der Waals surface area contributed by atoms with Gasteiger partial charge in [-0.25, -0.2) is 4.98 Å². The molecule has 2 aromatic rings. The molecule has 2 fully saturated rings. The summed E-state index contributed by atoms with van der Waals surface area (Å²) in [7, 11) is 0. The Bertz CT molecular complexity index is 697. The number of aryl methyl sites for hydroxylation is 1. The molecule has 0 spiro atoms. The summed E-state index contributed by atoms with van der Waals surface area (Å²) >= 11 is 1.49. The Morgan fingerprint density at radius 2 is 2.14 bits per heavy atom. The lowest BCUT2D eigenvalue weighted by molar-refractivity contribution is 0.0924. The van der Waals surface area contributed by atoms with Gasteiger partial charge in [0.15, 0.2) is 5.01 Å². The van der Waals surface area contributed by atoms with Crippen molar-refractivity contribution in [2.24, 2.45) is 5.92 Å². The average molecular weight is 313 g/mol. The van der Waals surface area contributed by atoms with Crippen LogP contribution in [0, 0.1) is 12.8 Å². The van der Waals surface area contributed by atoms with E-state index in [1.165, 1.54) is 24.3 Å². The maximum absolute atomic E-state index is 12.5. The summed E-state index contributed by atoms with van der Waals surface area (Å²) in [6, 6.07) is 10.4. The number of nitrogens with one attached hydrogen (secondary N) is 1. The van der Waals surface area contributed by atoms with Crippen LogP contribution in [0.4, 0.5) is 0 Å². The minimum atomic E-state index is -0.0194. The van der Waals surface area contributed by atoms with Crippen molar-refractivity contribution in [1.29, 1.82) is 0 Å². The van der Waals surface area contributed by atoms with E-state index in [1.807, 2.05) is 25.1 Å². The van der Waals surface area contributed by atoms with Crippen LogP contribution in [0.1, 0.15) is 21.9 Å². The number of benzene rings is 1. The Hall–Kier alpha value is -1.72. The van der Waals surface area contributed by atoms with Crippen LogP contribution in [0.25, 0.3) is 10.4 Å². The van der Waals surface area contributed by atoms with Gasteiger partial charge in [-0.05, 0) is 31.4 Å². The van der Waals surface area contributed by atoms with Gasteiger partial charge in [0.25, 0.3) is 5.91 Å². The Morgan fingerprint density at radius 1 is 1.32 bits per heavy atom. The maximum Gasteiger partial charge on any atom is 0.280 e. The Labute approximate surface area is 134 Å². The van der Waals surface area contributed by atoms with Crippen LogP contribution in [0.3, 0.4) is 0 Å². The van der Waals surface area contributed by atoms with Crippen molar-refractivity contribution in [1.82, 2.24) is 15.2 Å². The highest BCUT2D eigenvalue weighted by atomic mass is 32.1. The van der Waals surface area contributed by atoms with E-state index < -0.39 is 0 Å². The predicted octanol–water partition coefficient (Wildman–Crippen LogP) is 2.55. The van der Waals surface area contributed by atoms with Crippen LogP contribution in [0.15, 0.2) is 30.3 Å². The fourth-order valence-corrected chi connectivity index (χ4v) is 4.50. The lowest BCUT2D eigenvalue weighted by Gasteiger charge is -2.22. The third-order valence-electron chi connectivity index (χ3n) is 4.68. The molecule has 1 N–H and O–H groups in total. The zero-order valence-electron chi connectivity index (χ0n) is 12.6. The molecule has 2 aliphatic heterocycles. The number of fused-ring (bicyclic) bond motifs is 2. The lowest BCUT2D eigenvalue weighted by Crippen LogP contribution is -2.43. The van der Waals surface area contributed by atoms with E-state index in [2.05, 4.69) is 27.3 Å². The molecular weight excluding hydrogens is 294 g/mol. The summed E-state index contributed by atoms with van der Waals surface area (Å²) in [4.78, 5) is 20.5. The summed E-state index contributed by atoms with van der Waals surface area (Å²) in [5, 5.41) is 3.76. The molecule has 1 aromatic carbocycles. The molecule has 2 bridgehead atoms. The van der Waals surface area contributed by atoms with E-state index in [0.717, 1.165) is 29.2 Å². The zero-order chi connectivity index (χ0) is 15.1. The molecule has 0 saturated carbocycles. The van der Waals surface area contributed by atoms with Crippen LogP contribution in [0.2, 0.25) is 0 Å². The molecule has 2 saturated heterocycles. The van der Waals surface area contributed by atoms with Crippen molar-refractivity contribution in [2.45, 2.75) is 19.4 Å². The molecule has 0 aliphatic carbocycles. The van der Waals surface area contributed by atoms with Crippen molar-refractivity contribution in [3.8, 4) is 10.4 Å². The average Bonchev–Trinajstić information content (AvgIpc) is 3.23. The SMILES string of the molecule is Cc1nc(C(=O)N[C@H]2CN3CC[C@H]2C3)sc1-c1ccccc1. The number of hydrogen-bond acceptors (Lipinski definition) is 4. The molecule has 3 heterocycles. The second-order valence-corrected chi connectivity index (χ2v) is 7.19. The van der Waals surface area contributed by atoms with Crippen LogP contribution < -0.4 is 5.32 Å². The topological polar surface area (TPSA) is 45.2 Å². The highest BCUT2D eigenvalue weighted by Crippen LogP contribution is 2.31. The summed E-state index contributed by atoms with van der Waals surface area (Å²) < 4.78 is 0. The monoisotopic (exact) mass is 313 g/mol. The molecule has 22 heavy (non-hydrogen) atoms. The van der Waals surface area contributed by atoms with Crippen LogP contribution in [-0.2, 0) is 0 Å². The van der Waals surface area contributed by atoms with Crippen LogP contribution in [0.5, 0.6) is 0 Å². The summed E-state index contributed by atoms with van der Waals surface area (Å²) in [5.41, 5.74) is 2.06. The number of rotatable bonds is 3. The standard InChI is InChI=1S/C17H19N3OS/c1-11-15(12-5-3-2-4-6-12)22-17(18-11)16(21)19-14-10-20-8-7-13(14)9-20/h2-6,13-14H,7-10H2,1H3,(H,19,21)/t13-,14-/m0/s1. The molecule has 1 aromatic heterocycles. The zero-order valence-corrected chi connectivity index (χ0v) is 13.4. The number of amides is 1. The molecular formula is C17H19N3OS. The molecule has 5 heteroatoms. The molecule has 4 nitrogen and oxygen atoms in total. The van der Waals surface area contributed by atoms with Crippen molar-refractivity contribution >= 4 is 17.2 Å². The van der Waals surface area contributed by atoms with Crippen molar-refractivity contribution in [3.05, 3.63) is 41.0 Å². The number of carbonyl (C=O) groups is 1. The number of hydrogen-bond donors (Lipinski definition) is 1. The molecule has 4 rings (SSSR count). The first-order valence-electron chi connectivity index (χ1n) is 7.77. The molecule has 1 unspecified atom stereocenters. The quantitative estimate of drug-likeness (QED) is 0.947. The van der Waals surface area contributed by atoms with Crippen molar-refractivity contribution in [3.63, 3.8) is 0 Å². The molecule has 1 amide bonds. The van der Waals surface area contributed by atoms with Gasteiger partial charge in [-0.3, -0.25) is 4.79 Å². The molecule has 3 atom stereocenters. The summed E-state index contributed by atoms with van der Waals surface area (Å²) in [5.74, 6) is 0.604. The van der Waals surface area contributed by atoms with E-state index in [0.29, 0.717) is 17.0 Å². The Morgan fingerprint density at radius 3 is 2.82 bits per heavy atom. The Balaban J connectivity index is 1.52. The first-order valence-corrected chi connectivity index (χ1v) is 8.58.